The molecule has 0 bridgehead atoms. The molecule has 96 valence electrons. The normalized spacial score (nSPS) is 12.9. The van der Waals surface area contributed by atoms with Crippen LogP contribution in [0.3, 0.4) is 0 Å². The maximum absolute atomic E-state index is 5.31. The number of aromatic nitrogens is 3. The Morgan fingerprint density at radius 2 is 1.89 bits per heavy atom. The van der Waals surface area contributed by atoms with Gasteiger partial charge in [-0.05, 0) is 23.7 Å². The van der Waals surface area contributed by atoms with Gasteiger partial charge in [-0.3, -0.25) is 5.10 Å². The zero-order chi connectivity index (χ0) is 13.1. The summed E-state index contributed by atoms with van der Waals surface area (Å²) in [7, 11) is 0. The van der Waals surface area contributed by atoms with Crippen LogP contribution in [0.4, 0.5) is 0 Å². The van der Waals surface area contributed by atoms with Crippen molar-refractivity contribution in [2.24, 2.45) is 5.92 Å². The molecule has 1 atom stereocenters. The summed E-state index contributed by atoms with van der Waals surface area (Å²) in [4.78, 5) is 0. The van der Waals surface area contributed by atoms with Gasteiger partial charge in [0.2, 0.25) is 0 Å². The Morgan fingerprint density at radius 1 is 1.22 bits per heavy atom. The predicted octanol–water partition coefficient (Wildman–Crippen LogP) is 3.75. The summed E-state index contributed by atoms with van der Waals surface area (Å²) >= 11 is 5.31. The van der Waals surface area contributed by atoms with Crippen LogP contribution < -0.4 is 0 Å². The number of aromatic amines is 1. The lowest BCUT2D eigenvalue weighted by Crippen LogP contribution is -2.11. The fourth-order valence-corrected chi connectivity index (χ4v) is 2.31. The Bertz CT molecular complexity index is 554. The van der Waals surface area contributed by atoms with E-state index in [1.807, 2.05) is 6.07 Å². The van der Waals surface area contributed by atoms with Crippen molar-refractivity contribution in [1.82, 2.24) is 14.8 Å². The van der Waals surface area contributed by atoms with E-state index in [2.05, 4.69) is 59.8 Å². The van der Waals surface area contributed by atoms with E-state index in [4.69, 9.17) is 12.2 Å². The summed E-state index contributed by atoms with van der Waals surface area (Å²) in [6, 6.07) is 10.4. The molecule has 0 amide bonds. The van der Waals surface area contributed by atoms with Crippen LogP contribution >= 0.6 is 12.2 Å². The largest absolute Gasteiger partial charge is 0.303 e. The molecule has 1 heterocycles. The van der Waals surface area contributed by atoms with Crippen molar-refractivity contribution in [3.05, 3.63) is 46.5 Å². The van der Waals surface area contributed by atoms with Crippen molar-refractivity contribution in [2.75, 3.05) is 0 Å². The second-order valence-electron chi connectivity index (χ2n) is 5.02. The van der Waals surface area contributed by atoms with Gasteiger partial charge in [-0.1, -0.05) is 51.1 Å². The minimum atomic E-state index is 0.248. The van der Waals surface area contributed by atoms with Gasteiger partial charge in [0.1, 0.15) is 5.82 Å². The van der Waals surface area contributed by atoms with Crippen LogP contribution in [0.2, 0.25) is 0 Å². The van der Waals surface area contributed by atoms with E-state index < -0.39 is 0 Å². The maximum Gasteiger partial charge on any atom is 0.195 e. The minimum absolute atomic E-state index is 0.248. The van der Waals surface area contributed by atoms with Crippen LogP contribution in [0.1, 0.15) is 38.1 Å². The summed E-state index contributed by atoms with van der Waals surface area (Å²) in [5.41, 5.74) is 1.26. The molecule has 2 rings (SSSR count). The standard InChI is InChI=1S/C14H19N3S/c1-10(2)9-17-13(15-16-14(17)18)11(3)12-7-5-4-6-8-12/h4-8,10-11H,9H2,1-3H3,(H,16,18). The summed E-state index contributed by atoms with van der Waals surface area (Å²) in [5, 5.41) is 7.30. The SMILES string of the molecule is CC(C)Cn1c(C(C)c2ccccc2)n[nH]c1=S. The molecule has 4 heteroatoms. The third-order valence-electron chi connectivity index (χ3n) is 3.02. The molecular weight excluding hydrogens is 242 g/mol. The molecule has 1 aromatic heterocycles. The zero-order valence-electron chi connectivity index (χ0n) is 11.1. The van der Waals surface area contributed by atoms with Crippen LogP contribution in [0.15, 0.2) is 30.3 Å². The molecule has 0 spiro atoms. The average Bonchev–Trinajstić information content (AvgIpc) is 2.71. The molecule has 0 saturated carbocycles. The van der Waals surface area contributed by atoms with Crippen LogP contribution in [0, 0.1) is 10.7 Å². The highest BCUT2D eigenvalue weighted by molar-refractivity contribution is 7.71. The van der Waals surface area contributed by atoms with Crippen LogP contribution in [-0.2, 0) is 6.54 Å². The monoisotopic (exact) mass is 261 g/mol. The van der Waals surface area contributed by atoms with Crippen LogP contribution in [0.5, 0.6) is 0 Å². The Morgan fingerprint density at radius 3 is 2.50 bits per heavy atom. The van der Waals surface area contributed by atoms with Gasteiger partial charge < -0.3 is 4.57 Å². The molecule has 0 saturated heterocycles. The lowest BCUT2D eigenvalue weighted by Gasteiger charge is -2.14. The number of benzene rings is 1. The number of hydrogen-bond acceptors (Lipinski definition) is 2. The van der Waals surface area contributed by atoms with Gasteiger partial charge in [0.05, 0.1) is 0 Å². The summed E-state index contributed by atoms with van der Waals surface area (Å²) in [6.45, 7) is 7.44. The van der Waals surface area contributed by atoms with E-state index in [1.54, 1.807) is 0 Å². The molecular formula is C14H19N3S. The van der Waals surface area contributed by atoms with Crippen LogP contribution in [0.25, 0.3) is 0 Å². The highest BCUT2D eigenvalue weighted by Crippen LogP contribution is 2.22. The van der Waals surface area contributed by atoms with E-state index in [0.717, 1.165) is 12.4 Å². The number of nitrogens with one attached hydrogen (secondary N) is 1. The van der Waals surface area contributed by atoms with Crippen molar-refractivity contribution in [1.29, 1.82) is 0 Å². The third kappa shape index (κ3) is 2.70. The van der Waals surface area contributed by atoms with Gasteiger partial charge in [0.15, 0.2) is 4.77 Å². The third-order valence-corrected chi connectivity index (χ3v) is 3.33. The molecule has 1 aromatic carbocycles. The van der Waals surface area contributed by atoms with Crippen molar-refractivity contribution >= 4 is 12.2 Å². The number of H-pyrrole nitrogens is 1. The quantitative estimate of drug-likeness (QED) is 0.850. The zero-order valence-corrected chi connectivity index (χ0v) is 11.9. The lowest BCUT2D eigenvalue weighted by atomic mass is 10.0. The molecule has 0 fully saturated rings. The van der Waals surface area contributed by atoms with Crippen molar-refractivity contribution < 1.29 is 0 Å². The first-order chi connectivity index (χ1) is 8.59. The van der Waals surface area contributed by atoms with Crippen molar-refractivity contribution in [2.45, 2.75) is 33.2 Å². The number of nitrogens with zero attached hydrogens (tertiary/aromatic N) is 2. The van der Waals surface area contributed by atoms with E-state index in [1.165, 1.54) is 5.56 Å². The van der Waals surface area contributed by atoms with Gasteiger partial charge in [-0.2, -0.15) is 5.10 Å². The Hall–Kier alpha value is -1.42. The van der Waals surface area contributed by atoms with Gasteiger partial charge in [0.25, 0.3) is 0 Å². The Kier molecular flexibility index (Phi) is 3.97. The molecule has 1 N–H and O–H groups in total. The first kappa shape index (κ1) is 13.0. The second kappa shape index (κ2) is 5.48. The molecule has 1 unspecified atom stereocenters. The highest BCUT2D eigenvalue weighted by Gasteiger charge is 2.16. The smallest absolute Gasteiger partial charge is 0.195 e. The summed E-state index contributed by atoms with van der Waals surface area (Å²) < 4.78 is 2.82. The highest BCUT2D eigenvalue weighted by atomic mass is 32.1. The fourth-order valence-electron chi connectivity index (χ4n) is 2.09. The molecule has 0 aliphatic rings. The average molecular weight is 261 g/mol. The van der Waals surface area contributed by atoms with Gasteiger partial charge in [0, 0.05) is 12.5 Å². The fraction of sp³-hybridized carbons (Fsp3) is 0.429. The predicted molar refractivity (Wildman–Crippen MR) is 76.2 cm³/mol. The lowest BCUT2D eigenvalue weighted by molar-refractivity contribution is 0.497. The van der Waals surface area contributed by atoms with Crippen molar-refractivity contribution in [3.8, 4) is 0 Å². The van der Waals surface area contributed by atoms with Gasteiger partial charge in [-0.15, -0.1) is 0 Å². The van der Waals surface area contributed by atoms with E-state index in [-0.39, 0.29) is 5.92 Å². The van der Waals surface area contributed by atoms with Crippen LogP contribution in [-0.4, -0.2) is 14.8 Å². The Labute approximate surface area is 113 Å². The number of hydrogen-bond donors (Lipinski definition) is 1. The molecule has 2 aromatic rings. The Balaban J connectivity index is 2.37. The van der Waals surface area contributed by atoms with E-state index in [0.29, 0.717) is 10.7 Å². The molecule has 0 aliphatic heterocycles. The van der Waals surface area contributed by atoms with Gasteiger partial charge in [-0.25, -0.2) is 0 Å². The molecule has 0 aliphatic carbocycles. The first-order valence-electron chi connectivity index (χ1n) is 6.29. The summed E-state index contributed by atoms with van der Waals surface area (Å²) in [6.07, 6.45) is 0. The second-order valence-corrected chi connectivity index (χ2v) is 5.41. The van der Waals surface area contributed by atoms with E-state index >= 15 is 0 Å². The number of rotatable bonds is 4. The van der Waals surface area contributed by atoms with Crippen molar-refractivity contribution in [3.63, 3.8) is 0 Å². The molecule has 3 nitrogen and oxygen atoms in total. The topological polar surface area (TPSA) is 33.6 Å². The first-order valence-corrected chi connectivity index (χ1v) is 6.70. The minimum Gasteiger partial charge on any atom is -0.303 e. The maximum atomic E-state index is 5.31. The summed E-state index contributed by atoms with van der Waals surface area (Å²) in [5.74, 6) is 1.81. The molecule has 18 heavy (non-hydrogen) atoms. The van der Waals surface area contributed by atoms with E-state index in [9.17, 15) is 0 Å². The van der Waals surface area contributed by atoms with Gasteiger partial charge >= 0.3 is 0 Å². The molecule has 0 radical (unpaired) electrons.